The zero-order chi connectivity index (χ0) is 10.6. The molecule has 0 aliphatic heterocycles. The van der Waals surface area contributed by atoms with Crippen molar-refractivity contribution in [3.63, 3.8) is 0 Å². The van der Waals surface area contributed by atoms with Crippen LogP contribution in [0.3, 0.4) is 0 Å². The minimum Gasteiger partial charge on any atom is -0.312 e. The molecule has 1 N–H and O–H groups in total. The van der Waals surface area contributed by atoms with Crippen LogP contribution in [0.1, 0.15) is 43.9 Å². The third-order valence-corrected chi connectivity index (χ3v) is 3.31. The van der Waals surface area contributed by atoms with Crippen molar-refractivity contribution in [2.24, 2.45) is 5.92 Å². The van der Waals surface area contributed by atoms with E-state index in [0.29, 0.717) is 6.04 Å². The highest BCUT2D eigenvalue weighted by atomic mass is 32.1. The average Bonchev–Trinajstić information content (AvgIpc) is 2.62. The zero-order valence-electron chi connectivity index (χ0n) is 9.50. The highest BCUT2D eigenvalue weighted by molar-refractivity contribution is 7.09. The van der Waals surface area contributed by atoms with E-state index in [4.69, 9.17) is 0 Å². The van der Waals surface area contributed by atoms with Crippen molar-refractivity contribution in [3.8, 4) is 0 Å². The molecule has 0 spiro atoms. The van der Waals surface area contributed by atoms with Gasteiger partial charge >= 0.3 is 0 Å². The van der Waals surface area contributed by atoms with Crippen molar-refractivity contribution in [3.05, 3.63) is 16.1 Å². The molecule has 1 unspecified atom stereocenters. The minimum absolute atomic E-state index is 0.374. The predicted molar refractivity (Wildman–Crippen MR) is 62.7 cm³/mol. The number of aromatic nitrogens is 1. The van der Waals surface area contributed by atoms with Crippen LogP contribution in [0.2, 0.25) is 0 Å². The molecular weight excluding hydrogens is 192 g/mol. The number of rotatable bonds is 5. The molecule has 0 aliphatic carbocycles. The molecule has 1 heterocycles. The fourth-order valence-electron chi connectivity index (χ4n) is 1.20. The molecule has 1 aromatic rings. The zero-order valence-corrected chi connectivity index (χ0v) is 10.3. The summed E-state index contributed by atoms with van der Waals surface area (Å²) in [4.78, 5) is 4.61. The average molecular weight is 212 g/mol. The molecule has 0 saturated carbocycles. The van der Waals surface area contributed by atoms with E-state index in [1.54, 1.807) is 11.3 Å². The van der Waals surface area contributed by atoms with Gasteiger partial charge in [-0.3, -0.25) is 0 Å². The van der Waals surface area contributed by atoms with E-state index in [1.807, 2.05) is 7.05 Å². The van der Waals surface area contributed by atoms with E-state index in [0.717, 1.165) is 12.3 Å². The first-order chi connectivity index (χ1) is 6.63. The van der Waals surface area contributed by atoms with Gasteiger partial charge in [-0.15, -0.1) is 11.3 Å². The largest absolute Gasteiger partial charge is 0.312 e. The monoisotopic (exact) mass is 212 g/mol. The Bertz CT molecular complexity index is 268. The number of thiazole rings is 1. The lowest BCUT2D eigenvalue weighted by molar-refractivity contribution is 0.581. The Kier molecular flexibility index (Phi) is 4.55. The van der Waals surface area contributed by atoms with Crippen LogP contribution in [0.15, 0.2) is 5.38 Å². The number of hydrogen-bond donors (Lipinski definition) is 1. The van der Waals surface area contributed by atoms with Gasteiger partial charge in [0.1, 0.15) is 0 Å². The fraction of sp³-hybridized carbons (Fsp3) is 0.727. The van der Waals surface area contributed by atoms with Crippen molar-refractivity contribution in [1.82, 2.24) is 10.3 Å². The lowest BCUT2D eigenvalue weighted by atomic mass is 10.1. The van der Waals surface area contributed by atoms with Gasteiger partial charge in [-0.2, -0.15) is 0 Å². The minimum atomic E-state index is 0.374. The molecule has 0 aromatic carbocycles. The molecule has 0 aliphatic rings. The van der Waals surface area contributed by atoms with Gasteiger partial charge in [-0.25, -0.2) is 4.98 Å². The van der Waals surface area contributed by atoms with Gasteiger partial charge in [0.25, 0.3) is 0 Å². The van der Waals surface area contributed by atoms with Crippen LogP contribution in [0.5, 0.6) is 0 Å². The summed E-state index contributed by atoms with van der Waals surface area (Å²) < 4.78 is 0. The lowest BCUT2D eigenvalue weighted by Crippen LogP contribution is -2.12. The maximum atomic E-state index is 4.61. The Morgan fingerprint density at radius 3 is 2.71 bits per heavy atom. The van der Waals surface area contributed by atoms with Crippen LogP contribution < -0.4 is 5.32 Å². The lowest BCUT2D eigenvalue weighted by Gasteiger charge is -2.05. The number of nitrogens with one attached hydrogen (secondary N) is 1. The number of nitrogens with zero attached hydrogens (tertiary/aromatic N) is 1. The first-order valence-electron chi connectivity index (χ1n) is 5.25. The molecule has 2 nitrogen and oxygen atoms in total. The summed E-state index contributed by atoms with van der Waals surface area (Å²) in [5.74, 6) is 0.768. The molecule has 1 aromatic heterocycles. The van der Waals surface area contributed by atoms with E-state index in [1.165, 1.54) is 17.1 Å². The standard InChI is InChI=1S/C11H20N2S/c1-8(2)5-6-11-13-10(7-14-11)9(3)12-4/h7-9,12H,5-6H2,1-4H3. The number of hydrogen-bond acceptors (Lipinski definition) is 3. The van der Waals surface area contributed by atoms with Crippen molar-refractivity contribution in [2.45, 2.75) is 39.7 Å². The van der Waals surface area contributed by atoms with Crippen LogP contribution >= 0.6 is 11.3 Å². The van der Waals surface area contributed by atoms with E-state index < -0.39 is 0 Å². The summed E-state index contributed by atoms with van der Waals surface area (Å²) in [5, 5.41) is 6.64. The molecular formula is C11H20N2S. The second-order valence-electron chi connectivity index (χ2n) is 4.11. The summed E-state index contributed by atoms with van der Waals surface area (Å²) >= 11 is 1.78. The maximum Gasteiger partial charge on any atom is 0.0929 e. The highest BCUT2D eigenvalue weighted by Gasteiger charge is 2.07. The summed E-state index contributed by atoms with van der Waals surface area (Å²) in [6.45, 7) is 6.65. The van der Waals surface area contributed by atoms with Crippen LogP contribution in [0.25, 0.3) is 0 Å². The Hall–Kier alpha value is -0.410. The smallest absolute Gasteiger partial charge is 0.0929 e. The summed E-state index contributed by atoms with van der Waals surface area (Å²) in [7, 11) is 1.97. The first-order valence-corrected chi connectivity index (χ1v) is 6.13. The number of aryl methyl sites for hydroxylation is 1. The van der Waals surface area contributed by atoms with Gasteiger partial charge in [-0.1, -0.05) is 13.8 Å². The topological polar surface area (TPSA) is 24.9 Å². The Balaban J connectivity index is 2.50. The molecule has 3 heteroatoms. The van der Waals surface area contributed by atoms with Gasteiger partial charge in [0.05, 0.1) is 10.7 Å². The van der Waals surface area contributed by atoms with Gasteiger partial charge < -0.3 is 5.32 Å². The van der Waals surface area contributed by atoms with Gasteiger partial charge in [0.2, 0.25) is 0 Å². The van der Waals surface area contributed by atoms with Gasteiger partial charge in [-0.05, 0) is 32.7 Å². The molecule has 1 atom stereocenters. The summed E-state index contributed by atoms with van der Waals surface area (Å²) in [5.41, 5.74) is 1.18. The molecule has 0 bridgehead atoms. The molecule has 0 amide bonds. The van der Waals surface area contributed by atoms with Crippen molar-refractivity contribution >= 4 is 11.3 Å². The quantitative estimate of drug-likeness (QED) is 0.811. The first kappa shape index (κ1) is 11.7. The van der Waals surface area contributed by atoms with Crippen molar-refractivity contribution in [1.29, 1.82) is 0 Å². The molecule has 0 radical (unpaired) electrons. The normalized spacial score (nSPS) is 13.5. The van der Waals surface area contributed by atoms with Crippen molar-refractivity contribution in [2.75, 3.05) is 7.05 Å². The third kappa shape index (κ3) is 3.39. The summed E-state index contributed by atoms with van der Waals surface area (Å²) in [6.07, 6.45) is 2.36. The Morgan fingerprint density at radius 1 is 1.43 bits per heavy atom. The SMILES string of the molecule is CNC(C)c1csc(CCC(C)C)n1. The van der Waals surface area contributed by atoms with Crippen LogP contribution in [0.4, 0.5) is 0 Å². The van der Waals surface area contributed by atoms with Crippen LogP contribution in [-0.2, 0) is 6.42 Å². The van der Waals surface area contributed by atoms with Gasteiger partial charge in [0, 0.05) is 11.4 Å². The highest BCUT2D eigenvalue weighted by Crippen LogP contribution is 2.18. The third-order valence-electron chi connectivity index (χ3n) is 2.38. The van der Waals surface area contributed by atoms with E-state index in [2.05, 4.69) is 36.5 Å². The second-order valence-corrected chi connectivity index (χ2v) is 5.05. The molecule has 80 valence electrons. The molecule has 1 rings (SSSR count). The maximum absolute atomic E-state index is 4.61. The predicted octanol–water partition coefficient (Wildman–Crippen LogP) is 3.01. The van der Waals surface area contributed by atoms with Crippen LogP contribution in [0, 0.1) is 5.92 Å². The Morgan fingerprint density at radius 2 is 2.14 bits per heavy atom. The van der Waals surface area contributed by atoms with E-state index in [-0.39, 0.29) is 0 Å². The summed E-state index contributed by atoms with van der Waals surface area (Å²) in [6, 6.07) is 0.374. The fourth-order valence-corrected chi connectivity index (χ4v) is 2.11. The van der Waals surface area contributed by atoms with Crippen molar-refractivity contribution < 1.29 is 0 Å². The second kappa shape index (κ2) is 5.47. The Labute approximate surface area is 90.8 Å². The molecule has 14 heavy (non-hydrogen) atoms. The van der Waals surface area contributed by atoms with Gasteiger partial charge in [0.15, 0.2) is 0 Å². The van der Waals surface area contributed by atoms with E-state index in [9.17, 15) is 0 Å². The molecule has 0 saturated heterocycles. The van der Waals surface area contributed by atoms with E-state index >= 15 is 0 Å². The molecule has 0 fully saturated rings. The van der Waals surface area contributed by atoms with Crippen LogP contribution in [-0.4, -0.2) is 12.0 Å².